The minimum atomic E-state index is -0.537. The first-order valence-corrected chi connectivity index (χ1v) is 8.19. The van der Waals surface area contributed by atoms with E-state index in [-0.39, 0.29) is 18.0 Å². The van der Waals surface area contributed by atoms with Gasteiger partial charge in [0, 0.05) is 5.92 Å². The summed E-state index contributed by atoms with van der Waals surface area (Å²) in [5.74, 6) is -0.235. The van der Waals surface area contributed by atoms with E-state index in [1.165, 1.54) is 38.5 Å². The third-order valence-electron chi connectivity index (χ3n) is 4.13. The van der Waals surface area contributed by atoms with Gasteiger partial charge in [0.1, 0.15) is 6.10 Å². The predicted molar refractivity (Wildman–Crippen MR) is 81.4 cm³/mol. The van der Waals surface area contributed by atoms with Crippen molar-refractivity contribution in [3.63, 3.8) is 0 Å². The summed E-state index contributed by atoms with van der Waals surface area (Å²) in [5.41, 5.74) is 0. The lowest BCUT2D eigenvalue weighted by atomic mass is 9.94. The molecule has 0 spiro atoms. The maximum Gasteiger partial charge on any atom is 0.306 e. The molecule has 3 atom stereocenters. The number of aliphatic hydroxyl groups excluding tert-OH is 1. The van der Waals surface area contributed by atoms with Gasteiger partial charge in [0.05, 0.1) is 12.5 Å². The number of aliphatic hydroxyl groups is 1. The van der Waals surface area contributed by atoms with Gasteiger partial charge >= 0.3 is 5.97 Å². The van der Waals surface area contributed by atoms with E-state index in [1.807, 2.05) is 0 Å². The van der Waals surface area contributed by atoms with Gasteiger partial charge in [-0.25, -0.2) is 0 Å². The molecule has 3 heteroatoms. The Hall–Kier alpha value is -0.830. The Morgan fingerprint density at radius 2 is 1.85 bits per heavy atom. The fraction of sp³-hybridized carbons (Fsp3) is 0.824. The molecule has 20 heavy (non-hydrogen) atoms. The maximum absolute atomic E-state index is 11.2. The normalized spacial score (nSPS) is 23.6. The molecule has 1 aliphatic heterocycles. The summed E-state index contributed by atoms with van der Waals surface area (Å²) >= 11 is 0. The zero-order valence-corrected chi connectivity index (χ0v) is 12.9. The standard InChI is InChI=1S/C17H30O3/c1-3-5-6-7-8-9-10-11-12-15(18)17-14(4-2)13-16(19)20-17/h4,14-15,17-18H,2-3,5-13H2,1H3/t14-,15+,17+/m1/s1. The van der Waals surface area contributed by atoms with Crippen molar-refractivity contribution in [1.82, 2.24) is 0 Å². The lowest BCUT2D eigenvalue weighted by Gasteiger charge is -2.20. The van der Waals surface area contributed by atoms with E-state index in [0.29, 0.717) is 6.42 Å². The fourth-order valence-electron chi connectivity index (χ4n) is 2.83. The highest BCUT2D eigenvalue weighted by Crippen LogP contribution is 2.27. The van der Waals surface area contributed by atoms with E-state index in [1.54, 1.807) is 6.08 Å². The monoisotopic (exact) mass is 282 g/mol. The zero-order valence-electron chi connectivity index (χ0n) is 12.9. The molecular formula is C17H30O3. The van der Waals surface area contributed by atoms with Gasteiger partial charge in [0.2, 0.25) is 0 Å². The highest BCUT2D eigenvalue weighted by Gasteiger charge is 2.37. The molecule has 1 N–H and O–H groups in total. The van der Waals surface area contributed by atoms with Crippen LogP contribution in [0.2, 0.25) is 0 Å². The van der Waals surface area contributed by atoms with Crippen LogP contribution >= 0.6 is 0 Å². The predicted octanol–water partition coefficient (Wildman–Crippen LogP) is 4.00. The number of hydrogen-bond acceptors (Lipinski definition) is 3. The van der Waals surface area contributed by atoms with Gasteiger partial charge in [0.15, 0.2) is 0 Å². The number of carbonyl (C=O) groups excluding carboxylic acids is 1. The molecule has 0 radical (unpaired) electrons. The highest BCUT2D eigenvalue weighted by atomic mass is 16.6. The van der Waals surface area contributed by atoms with E-state index >= 15 is 0 Å². The lowest BCUT2D eigenvalue weighted by molar-refractivity contribution is -0.145. The average molecular weight is 282 g/mol. The van der Waals surface area contributed by atoms with Crippen molar-refractivity contribution in [1.29, 1.82) is 0 Å². The molecule has 0 unspecified atom stereocenters. The second-order valence-electron chi connectivity index (χ2n) is 5.89. The van der Waals surface area contributed by atoms with Crippen LogP contribution in [0.25, 0.3) is 0 Å². The van der Waals surface area contributed by atoms with Gasteiger partial charge in [0.25, 0.3) is 0 Å². The first-order chi connectivity index (χ1) is 9.69. The number of unbranched alkanes of at least 4 members (excludes halogenated alkanes) is 7. The van der Waals surface area contributed by atoms with Crippen molar-refractivity contribution < 1.29 is 14.6 Å². The first kappa shape index (κ1) is 17.2. The third-order valence-corrected chi connectivity index (χ3v) is 4.13. The summed E-state index contributed by atoms with van der Waals surface area (Å²) in [7, 11) is 0. The molecule has 0 aliphatic carbocycles. The molecule has 1 rings (SSSR count). The summed E-state index contributed by atoms with van der Waals surface area (Å²) in [6.07, 6.45) is 11.9. The summed E-state index contributed by atoms with van der Waals surface area (Å²) < 4.78 is 5.19. The molecule has 1 aliphatic rings. The summed E-state index contributed by atoms with van der Waals surface area (Å²) in [4.78, 5) is 11.2. The molecule has 0 amide bonds. The van der Waals surface area contributed by atoms with E-state index < -0.39 is 6.10 Å². The summed E-state index contributed by atoms with van der Waals surface area (Å²) in [5, 5.41) is 10.1. The van der Waals surface area contributed by atoms with Gasteiger partial charge in [-0.3, -0.25) is 4.79 Å². The van der Waals surface area contributed by atoms with Crippen LogP contribution in [0.3, 0.4) is 0 Å². The minimum Gasteiger partial charge on any atom is -0.459 e. The first-order valence-electron chi connectivity index (χ1n) is 8.19. The second-order valence-corrected chi connectivity index (χ2v) is 5.89. The Bertz CT molecular complexity index is 288. The van der Waals surface area contributed by atoms with Gasteiger partial charge < -0.3 is 9.84 Å². The second kappa shape index (κ2) is 9.98. The molecule has 0 saturated carbocycles. The lowest BCUT2D eigenvalue weighted by Crippen LogP contribution is -2.30. The Labute approximate surface area is 123 Å². The number of esters is 1. The number of cyclic esters (lactones) is 1. The van der Waals surface area contributed by atoms with Crippen LogP contribution in [-0.2, 0) is 9.53 Å². The van der Waals surface area contributed by atoms with Crippen LogP contribution in [0.4, 0.5) is 0 Å². The Morgan fingerprint density at radius 1 is 1.25 bits per heavy atom. The van der Waals surface area contributed by atoms with Gasteiger partial charge in [-0.05, 0) is 6.42 Å². The Balaban J connectivity index is 2.06. The summed E-state index contributed by atoms with van der Waals surface area (Å²) in [6.45, 7) is 5.94. The van der Waals surface area contributed by atoms with Crippen LogP contribution < -0.4 is 0 Å². The maximum atomic E-state index is 11.2. The van der Waals surface area contributed by atoms with E-state index in [2.05, 4.69) is 13.5 Å². The SMILES string of the molecule is C=C[C@@H]1CC(=O)O[C@@H]1[C@@H](O)CCCCCCCCCC. The molecule has 1 fully saturated rings. The zero-order chi connectivity index (χ0) is 14.8. The van der Waals surface area contributed by atoms with Crippen molar-refractivity contribution in [3.8, 4) is 0 Å². The molecule has 116 valence electrons. The molecular weight excluding hydrogens is 252 g/mol. The van der Waals surface area contributed by atoms with Crippen molar-refractivity contribution >= 4 is 5.97 Å². The molecule has 0 bridgehead atoms. The van der Waals surface area contributed by atoms with Gasteiger partial charge in [-0.15, -0.1) is 6.58 Å². The molecule has 0 aromatic carbocycles. The van der Waals surface area contributed by atoms with E-state index in [0.717, 1.165) is 19.3 Å². The van der Waals surface area contributed by atoms with Crippen molar-refractivity contribution in [3.05, 3.63) is 12.7 Å². The minimum absolute atomic E-state index is 0.0217. The van der Waals surface area contributed by atoms with Crippen LogP contribution in [0.1, 0.15) is 71.1 Å². The fourth-order valence-corrected chi connectivity index (χ4v) is 2.83. The van der Waals surface area contributed by atoms with Crippen molar-refractivity contribution in [2.45, 2.75) is 83.3 Å². The average Bonchev–Trinajstić information content (AvgIpc) is 2.83. The van der Waals surface area contributed by atoms with Gasteiger partial charge in [-0.2, -0.15) is 0 Å². The molecule has 3 nitrogen and oxygen atoms in total. The van der Waals surface area contributed by atoms with E-state index in [4.69, 9.17) is 4.74 Å². The Kier molecular flexibility index (Phi) is 8.59. The number of ether oxygens (including phenoxy) is 1. The third kappa shape index (κ3) is 6.08. The highest BCUT2D eigenvalue weighted by molar-refractivity contribution is 5.72. The number of rotatable bonds is 11. The van der Waals surface area contributed by atoms with E-state index in [9.17, 15) is 9.90 Å². The Morgan fingerprint density at radius 3 is 2.45 bits per heavy atom. The van der Waals surface area contributed by atoms with Crippen LogP contribution in [0.5, 0.6) is 0 Å². The molecule has 1 saturated heterocycles. The smallest absolute Gasteiger partial charge is 0.306 e. The molecule has 0 aromatic heterocycles. The van der Waals surface area contributed by atoms with Crippen molar-refractivity contribution in [2.75, 3.05) is 0 Å². The largest absolute Gasteiger partial charge is 0.459 e. The summed E-state index contributed by atoms with van der Waals surface area (Å²) in [6, 6.07) is 0. The number of hydrogen-bond donors (Lipinski definition) is 1. The topological polar surface area (TPSA) is 46.5 Å². The van der Waals surface area contributed by atoms with Crippen LogP contribution in [0, 0.1) is 5.92 Å². The van der Waals surface area contributed by atoms with Crippen LogP contribution in [0.15, 0.2) is 12.7 Å². The molecule has 0 aromatic rings. The quantitative estimate of drug-likeness (QED) is 0.354. The van der Waals surface area contributed by atoms with Gasteiger partial charge in [-0.1, -0.05) is 64.4 Å². The number of carbonyl (C=O) groups is 1. The van der Waals surface area contributed by atoms with Crippen LogP contribution in [-0.4, -0.2) is 23.3 Å². The molecule has 1 heterocycles. The van der Waals surface area contributed by atoms with Crippen molar-refractivity contribution in [2.24, 2.45) is 5.92 Å².